The summed E-state index contributed by atoms with van der Waals surface area (Å²) in [5.41, 5.74) is 3.54. The lowest BCUT2D eigenvalue weighted by Gasteiger charge is -2.36. The van der Waals surface area contributed by atoms with Gasteiger partial charge < -0.3 is 20.4 Å². The summed E-state index contributed by atoms with van der Waals surface area (Å²) in [6, 6.07) is 15.6. The molecule has 0 unspecified atom stereocenters. The van der Waals surface area contributed by atoms with Crippen LogP contribution >= 0.6 is 0 Å². The molecule has 1 aliphatic heterocycles. The highest BCUT2D eigenvalue weighted by Gasteiger charge is 2.55. The Morgan fingerprint density at radius 2 is 1.75 bits per heavy atom. The highest BCUT2D eigenvalue weighted by molar-refractivity contribution is 6.22. The quantitative estimate of drug-likeness (QED) is 0.315. The van der Waals surface area contributed by atoms with Crippen molar-refractivity contribution in [2.75, 3.05) is 18.1 Å². The predicted molar refractivity (Wildman–Crippen MR) is 137 cm³/mol. The van der Waals surface area contributed by atoms with Gasteiger partial charge in [-0.25, -0.2) is 0 Å². The van der Waals surface area contributed by atoms with E-state index in [0.29, 0.717) is 29.7 Å². The van der Waals surface area contributed by atoms with Crippen LogP contribution in [-0.2, 0) is 9.59 Å². The number of carbonyl (C=O) groups is 2. The molecule has 4 atom stereocenters. The number of fused-ring (bicyclic) bond motifs is 1. The normalized spacial score (nSPS) is 23.3. The Morgan fingerprint density at radius 1 is 1.06 bits per heavy atom. The summed E-state index contributed by atoms with van der Waals surface area (Å²) in [5.74, 6) is -2.70. The highest BCUT2D eigenvalue weighted by atomic mass is 16.3. The summed E-state index contributed by atoms with van der Waals surface area (Å²) in [5, 5.41) is 41.2. The zero-order valence-electron chi connectivity index (χ0n) is 20.4. The van der Waals surface area contributed by atoms with Gasteiger partial charge in [0.25, 0.3) is 0 Å². The number of allylic oxidation sites excluding steroid dienone is 1. The van der Waals surface area contributed by atoms with Gasteiger partial charge in [0, 0.05) is 5.92 Å². The molecule has 2 amide bonds. The molecule has 1 aliphatic carbocycles. The number of aliphatic hydroxyl groups is 3. The Kier molecular flexibility index (Phi) is 8.04. The molecule has 2 aliphatic rings. The summed E-state index contributed by atoms with van der Waals surface area (Å²) in [7, 11) is 0. The number of benzene rings is 2. The number of hydrogen-bond donors (Lipinski definition) is 4. The van der Waals surface area contributed by atoms with Gasteiger partial charge in [0.2, 0.25) is 11.8 Å². The maximum atomic E-state index is 13.4. The summed E-state index contributed by atoms with van der Waals surface area (Å²) in [6.07, 6.45) is 2.94. The van der Waals surface area contributed by atoms with Gasteiger partial charge in [-0.05, 0) is 66.7 Å². The summed E-state index contributed by atoms with van der Waals surface area (Å²) < 4.78 is 0. The SMILES string of the molecule is CC/C(=C\c1ccc(O)cc1)CC[C@@H](O)C1=C(CO)C[C@H]2C(=O)N(c3ccccc3)C(=O)[C@H]2[C@H]1CO. The first kappa shape index (κ1) is 25.8. The minimum Gasteiger partial charge on any atom is -0.508 e. The fraction of sp³-hybridized carbons (Fsp3) is 0.379. The number of rotatable bonds is 9. The van der Waals surface area contributed by atoms with E-state index in [4.69, 9.17) is 0 Å². The minimum atomic E-state index is -0.964. The number of aliphatic hydroxyl groups excluding tert-OH is 3. The average molecular weight is 492 g/mol. The number of hydrogen-bond acceptors (Lipinski definition) is 6. The van der Waals surface area contributed by atoms with Crippen LogP contribution < -0.4 is 4.90 Å². The molecule has 2 aromatic carbocycles. The number of anilines is 1. The van der Waals surface area contributed by atoms with Crippen LogP contribution in [0, 0.1) is 17.8 Å². The predicted octanol–water partition coefficient (Wildman–Crippen LogP) is 3.43. The van der Waals surface area contributed by atoms with Crippen LogP contribution in [0.1, 0.15) is 38.2 Å². The number of aromatic hydroxyl groups is 1. The zero-order valence-corrected chi connectivity index (χ0v) is 20.4. The number of imide groups is 1. The number of para-hydroxylation sites is 1. The van der Waals surface area contributed by atoms with Crippen LogP contribution in [-0.4, -0.2) is 51.6 Å². The number of phenols is 1. The Balaban J connectivity index is 1.57. The van der Waals surface area contributed by atoms with E-state index in [-0.39, 0.29) is 30.6 Å². The third-order valence-electron chi connectivity index (χ3n) is 7.40. The van der Waals surface area contributed by atoms with Crippen LogP contribution in [0.4, 0.5) is 5.69 Å². The van der Waals surface area contributed by atoms with E-state index in [1.54, 1.807) is 42.5 Å². The van der Waals surface area contributed by atoms with Gasteiger partial charge in [0.05, 0.1) is 36.8 Å². The molecule has 0 saturated carbocycles. The molecule has 1 heterocycles. The molecule has 190 valence electrons. The van der Waals surface area contributed by atoms with E-state index in [0.717, 1.165) is 17.6 Å². The van der Waals surface area contributed by atoms with E-state index in [9.17, 15) is 30.0 Å². The first-order valence-corrected chi connectivity index (χ1v) is 12.4. The van der Waals surface area contributed by atoms with Crippen molar-refractivity contribution in [1.29, 1.82) is 0 Å². The van der Waals surface area contributed by atoms with Gasteiger partial charge in [0.15, 0.2) is 0 Å². The molecular weight excluding hydrogens is 458 g/mol. The molecule has 1 fully saturated rings. The van der Waals surface area contributed by atoms with Gasteiger partial charge in [-0.3, -0.25) is 14.5 Å². The molecule has 7 nitrogen and oxygen atoms in total. The van der Waals surface area contributed by atoms with Crippen LogP contribution in [0.15, 0.2) is 71.3 Å². The standard InChI is InChI=1S/C29H33NO6/c1-2-18(14-19-8-11-22(33)12-9-19)10-13-25(34)26-20(16-31)15-23-27(24(26)17-32)29(36)30(28(23)35)21-6-4-3-5-7-21/h3-9,11-12,14,23-25,27,31-34H,2,10,13,15-17H2,1H3/b18-14+/t23-,24+,25-,27-/m1/s1. The third-order valence-corrected chi connectivity index (χ3v) is 7.40. The lowest BCUT2D eigenvalue weighted by Crippen LogP contribution is -2.39. The first-order chi connectivity index (χ1) is 17.4. The molecule has 0 aromatic heterocycles. The largest absolute Gasteiger partial charge is 0.508 e. The van der Waals surface area contributed by atoms with Crippen molar-refractivity contribution in [1.82, 2.24) is 0 Å². The fourth-order valence-electron chi connectivity index (χ4n) is 5.57. The smallest absolute Gasteiger partial charge is 0.238 e. The van der Waals surface area contributed by atoms with E-state index in [1.807, 2.05) is 25.1 Å². The van der Waals surface area contributed by atoms with Gasteiger partial charge >= 0.3 is 0 Å². The van der Waals surface area contributed by atoms with Crippen LogP contribution in [0.25, 0.3) is 6.08 Å². The van der Waals surface area contributed by atoms with Crippen molar-refractivity contribution >= 4 is 23.6 Å². The molecule has 0 spiro atoms. The van der Waals surface area contributed by atoms with E-state index in [1.165, 1.54) is 4.90 Å². The van der Waals surface area contributed by atoms with Crippen LogP contribution in [0.3, 0.4) is 0 Å². The molecule has 4 N–H and O–H groups in total. The van der Waals surface area contributed by atoms with Crippen molar-refractivity contribution < 1.29 is 30.0 Å². The maximum absolute atomic E-state index is 13.4. The lowest BCUT2D eigenvalue weighted by molar-refractivity contribution is -0.123. The number of carbonyl (C=O) groups excluding carboxylic acids is 2. The van der Waals surface area contributed by atoms with Crippen LogP contribution in [0.5, 0.6) is 5.75 Å². The summed E-state index contributed by atoms with van der Waals surface area (Å²) in [4.78, 5) is 27.8. The Bertz CT molecular complexity index is 1150. The molecule has 4 rings (SSSR count). The topological polar surface area (TPSA) is 118 Å². The van der Waals surface area contributed by atoms with Crippen molar-refractivity contribution in [2.45, 2.75) is 38.7 Å². The van der Waals surface area contributed by atoms with Gasteiger partial charge in [-0.2, -0.15) is 0 Å². The fourth-order valence-corrected chi connectivity index (χ4v) is 5.57. The van der Waals surface area contributed by atoms with E-state index < -0.39 is 30.5 Å². The third kappa shape index (κ3) is 5.00. The molecule has 1 saturated heterocycles. The summed E-state index contributed by atoms with van der Waals surface area (Å²) in [6.45, 7) is 1.28. The van der Waals surface area contributed by atoms with Gasteiger partial charge in [-0.1, -0.05) is 48.9 Å². The van der Waals surface area contributed by atoms with Crippen molar-refractivity contribution in [3.8, 4) is 5.75 Å². The minimum absolute atomic E-state index is 0.182. The number of amides is 2. The summed E-state index contributed by atoms with van der Waals surface area (Å²) >= 11 is 0. The number of nitrogens with zero attached hydrogens (tertiary/aromatic N) is 1. The molecule has 0 radical (unpaired) electrons. The van der Waals surface area contributed by atoms with Gasteiger partial charge in [0.1, 0.15) is 5.75 Å². The monoisotopic (exact) mass is 491 g/mol. The molecule has 0 bridgehead atoms. The second-order valence-corrected chi connectivity index (χ2v) is 9.49. The highest BCUT2D eigenvalue weighted by Crippen LogP contribution is 2.47. The Labute approximate surface area is 211 Å². The van der Waals surface area contributed by atoms with Crippen molar-refractivity contribution in [3.05, 3.63) is 76.9 Å². The van der Waals surface area contributed by atoms with Crippen molar-refractivity contribution in [3.63, 3.8) is 0 Å². The van der Waals surface area contributed by atoms with Crippen molar-refractivity contribution in [2.24, 2.45) is 17.8 Å². The van der Waals surface area contributed by atoms with E-state index >= 15 is 0 Å². The van der Waals surface area contributed by atoms with Crippen LogP contribution in [0.2, 0.25) is 0 Å². The molecule has 36 heavy (non-hydrogen) atoms. The molecule has 7 heteroatoms. The maximum Gasteiger partial charge on any atom is 0.238 e. The Morgan fingerprint density at radius 3 is 2.36 bits per heavy atom. The van der Waals surface area contributed by atoms with Gasteiger partial charge in [-0.15, -0.1) is 0 Å². The first-order valence-electron chi connectivity index (χ1n) is 12.4. The number of phenolic OH excluding ortho intramolecular Hbond substituents is 1. The zero-order chi connectivity index (χ0) is 25.8. The second kappa shape index (κ2) is 11.2. The average Bonchev–Trinajstić information content (AvgIpc) is 3.15. The Hall–Kier alpha value is -3.26. The molecule has 2 aromatic rings. The lowest BCUT2D eigenvalue weighted by atomic mass is 9.68. The molecular formula is C29H33NO6. The second-order valence-electron chi connectivity index (χ2n) is 9.49. The van der Waals surface area contributed by atoms with E-state index in [2.05, 4.69) is 0 Å².